The van der Waals surface area contributed by atoms with E-state index in [1.165, 1.54) is 12.1 Å². The van der Waals surface area contributed by atoms with Crippen LogP contribution in [0.25, 0.3) is 6.08 Å². The number of aldehydes is 1. The first-order chi connectivity index (χ1) is 6.24. The Labute approximate surface area is 76.0 Å². The van der Waals surface area contributed by atoms with Gasteiger partial charge in [-0.25, -0.2) is 0 Å². The van der Waals surface area contributed by atoms with Crippen molar-refractivity contribution in [2.24, 2.45) is 0 Å². The number of hydrogen-bond donors (Lipinski definition) is 2. The van der Waals surface area contributed by atoms with Crippen molar-refractivity contribution in [1.82, 2.24) is 0 Å². The topological polar surface area (TPSA) is 57.5 Å². The van der Waals surface area contributed by atoms with E-state index >= 15 is 0 Å². The van der Waals surface area contributed by atoms with Crippen LogP contribution in [-0.2, 0) is 4.79 Å². The Hall–Kier alpha value is -1.77. The highest BCUT2D eigenvalue weighted by molar-refractivity contribution is 5.62. The molecule has 2 N–H and O–H groups in total. The lowest BCUT2D eigenvalue weighted by Gasteiger charge is -1.98. The number of aromatic hydroxyl groups is 2. The predicted octanol–water partition coefficient (Wildman–Crippen LogP) is 1.70. The summed E-state index contributed by atoms with van der Waals surface area (Å²) in [6.45, 7) is 0. The van der Waals surface area contributed by atoms with E-state index in [-0.39, 0.29) is 11.5 Å². The van der Waals surface area contributed by atoms with Gasteiger partial charge in [0.2, 0.25) is 0 Å². The molecule has 0 fully saturated rings. The van der Waals surface area contributed by atoms with Crippen LogP contribution in [0, 0.1) is 0 Å². The second-order valence-electron chi connectivity index (χ2n) is 2.55. The van der Waals surface area contributed by atoms with Gasteiger partial charge in [-0.3, -0.25) is 0 Å². The van der Waals surface area contributed by atoms with E-state index in [9.17, 15) is 9.90 Å². The number of carbonyl (C=O) groups excluding carboxylic acids is 1. The Morgan fingerprint density at radius 1 is 1.31 bits per heavy atom. The Kier molecular flexibility index (Phi) is 3.09. The van der Waals surface area contributed by atoms with Gasteiger partial charge in [-0.15, -0.1) is 0 Å². The number of hydrogen-bond acceptors (Lipinski definition) is 3. The van der Waals surface area contributed by atoms with Gasteiger partial charge in [0.05, 0.1) is 0 Å². The van der Waals surface area contributed by atoms with Crippen molar-refractivity contribution in [3.63, 3.8) is 0 Å². The minimum atomic E-state index is 0.00199. The molecule has 0 aliphatic heterocycles. The van der Waals surface area contributed by atoms with Gasteiger partial charge in [-0.05, 0) is 12.1 Å². The fourth-order valence-electron chi connectivity index (χ4n) is 0.924. The highest BCUT2D eigenvalue weighted by atomic mass is 16.3. The Morgan fingerprint density at radius 3 is 2.69 bits per heavy atom. The van der Waals surface area contributed by atoms with E-state index in [0.717, 1.165) is 6.29 Å². The summed E-state index contributed by atoms with van der Waals surface area (Å²) in [5.74, 6) is 0.0205. The third kappa shape index (κ3) is 2.63. The van der Waals surface area contributed by atoms with Crippen molar-refractivity contribution in [2.75, 3.05) is 0 Å². The van der Waals surface area contributed by atoms with Gasteiger partial charge >= 0.3 is 0 Å². The van der Waals surface area contributed by atoms with Crippen LogP contribution in [0.1, 0.15) is 12.0 Å². The minimum Gasteiger partial charge on any atom is -0.508 e. The lowest BCUT2D eigenvalue weighted by Crippen LogP contribution is -1.74. The maximum absolute atomic E-state index is 9.98. The van der Waals surface area contributed by atoms with Gasteiger partial charge in [-0.1, -0.05) is 12.2 Å². The summed E-state index contributed by atoms with van der Waals surface area (Å²) in [6.07, 6.45) is 4.36. The first-order valence-corrected chi connectivity index (χ1v) is 3.86. The number of phenolic OH excluding ortho intramolecular Hbond substituents is 2. The molecule has 1 aromatic rings. The lowest BCUT2D eigenvalue weighted by molar-refractivity contribution is -0.107. The third-order valence-electron chi connectivity index (χ3n) is 1.54. The van der Waals surface area contributed by atoms with E-state index < -0.39 is 0 Å². The van der Waals surface area contributed by atoms with Crippen molar-refractivity contribution in [2.45, 2.75) is 6.42 Å². The molecule has 0 heterocycles. The fraction of sp³-hybridized carbons (Fsp3) is 0.100. The third-order valence-corrected chi connectivity index (χ3v) is 1.54. The Balaban J connectivity index is 2.83. The highest BCUT2D eigenvalue weighted by Gasteiger charge is 1.97. The van der Waals surface area contributed by atoms with E-state index in [4.69, 9.17) is 5.11 Å². The predicted molar refractivity (Wildman–Crippen MR) is 49.5 cm³/mol. The molecule has 68 valence electrons. The van der Waals surface area contributed by atoms with Crippen LogP contribution in [0.4, 0.5) is 0 Å². The molecule has 0 saturated heterocycles. The lowest BCUT2D eigenvalue weighted by atomic mass is 10.1. The largest absolute Gasteiger partial charge is 0.508 e. The summed E-state index contributed by atoms with van der Waals surface area (Å²) >= 11 is 0. The zero-order valence-corrected chi connectivity index (χ0v) is 6.97. The van der Waals surface area contributed by atoms with E-state index in [1.807, 2.05) is 0 Å². The highest BCUT2D eigenvalue weighted by Crippen LogP contribution is 2.23. The number of carbonyl (C=O) groups is 1. The summed E-state index contributed by atoms with van der Waals surface area (Å²) in [5.41, 5.74) is 0.583. The molecular weight excluding hydrogens is 168 g/mol. The SMILES string of the molecule is O=CCC=Cc1ccc(O)cc1O. The molecule has 0 atom stereocenters. The molecule has 1 rings (SSSR count). The molecule has 0 aliphatic carbocycles. The molecule has 3 nitrogen and oxygen atoms in total. The minimum absolute atomic E-state index is 0.00199. The van der Waals surface area contributed by atoms with Gasteiger partial charge in [0.25, 0.3) is 0 Å². The molecule has 0 aromatic heterocycles. The van der Waals surface area contributed by atoms with Crippen molar-refractivity contribution in [1.29, 1.82) is 0 Å². The summed E-state index contributed by atoms with van der Waals surface area (Å²) in [4.78, 5) is 9.98. The maximum Gasteiger partial charge on any atom is 0.126 e. The van der Waals surface area contributed by atoms with Crippen LogP contribution < -0.4 is 0 Å². The normalized spacial score (nSPS) is 10.5. The van der Waals surface area contributed by atoms with Crippen LogP contribution in [0.5, 0.6) is 11.5 Å². The first kappa shape index (κ1) is 9.32. The maximum atomic E-state index is 9.98. The molecule has 0 bridgehead atoms. The van der Waals surface area contributed by atoms with Crippen LogP contribution >= 0.6 is 0 Å². The molecule has 0 aliphatic rings. The average Bonchev–Trinajstić information content (AvgIpc) is 2.09. The molecule has 1 aromatic carbocycles. The summed E-state index contributed by atoms with van der Waals surface area (Å²) < 4.78 is 0. The monoisotopic (exact) mass is 178 g/mol. The van der Waals surface area contributed by atoms with Crippen molar-refractivity contribution in [3.8, 4) is 11.5 Å². The number of phenols is 2. The molecule has 0 amide bonds. The summed E-state index contributed by atoms with van der Waals surface area (Å²) in [7, 11) is 0. The van der Waals surface area contributed by atoms with Crippen LogP contribution in [0.3, 0.4) is 0 Å². The van der Waals surface area contributed by atoms with E-state index in [1.54, 1.807) is 18.2 Å². The van der Waals surface area contributed by atoms with Crippen LogP contribution in [0.2, 0.25) is 0 Å². The molecule has 0 spiro atoms. The van der Waals surface area contributed by atoms with Gasteiger partial charge < -0.3 is 15.0 Å². The smallest absolute Gasteiger partial charge is 0.126 e. The average molecular weight is 178 g/mol. The molecule has 0 radical (unpaired) electrons. The quantitative estimate of drug-likeness (QED) is 0.692. The summed E-state index contributed by atoms with van der Waals surface area (Å²) in [5, 5.41) is 18.3. The van der Waals surface area contributed by atoms with Gasteiger partial charge in [0.15, 0.2) is 0 Å². The second-order valence-corrected chi connectivity index (χ2v) is 2.55. The van der Waals surface area contributed by atoms with E-state index in [0.29, 0.717) is 12.0 Å². The van der Waals surface area contributed by atoms with Gasteiger partial charge in [-0.2, -0.15) is 0 Å². The number of allylic oxidation sites excluding steroid dienone is 1. The van der Waals surface area contributed by atoms with Crippen LogP contribution in [0.15, 0.2) is 24.3 Å². The Morgan fingerprint density at radius 2 is 2.08 bits per heavy atom. The van der Waals surface area contributed by atoms with Gasteiger partial charge in [0.1, 0.15) is 17.8 Å². The Bertz CT molecular complexity index is 329. The molecule has 13 heavy (non-hydrogen) atoms. The zero-order valence-electron chi connectivity index (χ0n) is 6.97. The van der Waals surface area contributed by atoms with Crippen molar-refractivity contribution >= 4 is 12.4 Å². The number of rotatable bonds is 3. The fourth-order valence-corrected chi connectivity index (χ4v) is 0.924. The van der Waals surface area contributed by atoms with E-state index in [2.05, 4.69) is 0 Å². The van der Waals surface area contributed by atoms with Crippen molar-refractivity contribution in [3.05, 3.63) is 29.8 Å². The standard InChI is InChI=1S/C10H10O3/c11-6-2-1-3-8-4-5-9(12)7-10(8)13/h1,3-7,12-13H,2H2. The summed E-state index contributed by atoms with van der Waals surface area (Å²) in [6, 6.07) is 4.30. The first-order valence-electron chi connectivity index (χ1n) is 3.86. The second kappa shape index (κ2) is 4.30. The van der Waals surface area contributed by atoms with Crippen molar-refractivity contribution < 1.29 is 15.0 Å². The molecule has 0 unspecified atom stereocenters. The molecular formula is C10H10O3. The molecule has 3 heteroatoms. The number of benzene rings is 1. The molecule has 0 saturated carbocycles. The zero-order chi connectivity index (χ0) is 9.68. The van der Waals surface area contributed by atoms with Crippen LogP contribution in [-0.4, -0.2) is 16.5 Å². The van der Waals surface area contributed by atoms with Gasteiger partial charge in [0, 0.05) is 18.1 Å².